The smallest absolute Gasteiger partial charge is 0.235 e. The fraction of sp³-hybridized carbons (Fsp3) is 0.364. The zero-order valence-corrected chi connectivity index (χ0v) is 11.2. The van der Waals surface area contributed by atoms with Gasteiger partial charge in [0, 0.05) is 5.92 Å². The number of hydrogen-bond donors (Lipinski definition) is 1. The largest absolute Gasteiger partial charge is 0.391 e. The molecule has 3 heterocycles. The van der Waals surface area contributed by atoms with Gasteiger partial charge in [-0.3, -0.25) is 0 Å². The lowest BCUT2D eigenvalue weighted by Gasteiger charge is -2.22. The van der Waals surface area contributed by atoms with Crippen LogP contribution in [0.4, 0.5) is 5.00 Å². The van der Waals surface area contributed by atoms with Crippen molar-refractivity contribution >= 4 is 32.6 Å². The van der Waals surface area contributed by atoms with Gasteiger partial charge in [-0.05, 0) is 25.0 Å². The fourth-order valence-corrected chi connectivity index (χ4v) is 3.79. The van der Waals surface area contributed by atoms with E-state index in [1.807, 2.05) is 16.6 Å². The minimum Gasteiger partial charge on any atom is -0.391 e. The topological polar surface area (TPSA) is 69.1 Å². The molecule has 0 spiro atoms. The van der Waals surface area contributed by atoms with Gasteiger partial charge in [0.05, 0.1) is 9.88 Å². The Balaban J connectivity index is 1.81. The summed E-state index contributed by atoms with van der Waals surface area (Å²) in [6.07, 6.45) is 3.71. The molecule has 1 fully saturated rings. The molecule has 3 aromatic rings. The molecule has 2 N–H and O–H groups in total. The monoisotopic (exact) mass is 277 g/mol. The lowest BCUT2D eigenvalue weighted by atomic mass is 9.85. The van der Waals surface area contributed by atoms with Gasteiger partial charge in [0.1, 0.15) is 0 Å². The van der Waals surface area contributed by atoms with Gasteiger partial charge < -0.3 is 5.73 Å². The molecule has 18 heavy (non-hydrogen) atoms. The molecule has 4 rings (SSSR count). The number of nitrogen functional groups attached to an aromatic ring is 1. The second-order valence-corrected chi connectivity index (χ2v) is 6.56. The zero-order valence-electron chi connectivity index (χ0n) is 9.54. The Bertz CT molecular complexity index is 706. The molecule has 0 aliphatic heterocycles. The van der Waals surface area contributed by atoms with Crippen LogP contribution in [0.3, 0.4) is 0 Å². The zero-order chi connectivity index (χ0) is 12.1. The normalized spacial score (nSPS) is 16.2. The molecule has 3 aromatic heterocycles. The Kier molecular flexibility index (Phi) is 2.18. The molecule has 0 radical (unpaired) electrons. The lowest BCUT2D eigenvalue weighted by molar-refractivity contribution is 0.395. The van der Waals surface area contributed by atoms with Crippen LogP contribution in [0.25, 0.3) is 14.8 Å². The molecular formula is C11H11N5S2. The minimum absolute atomic E-state index is 0.545. The third-order valence-corrected chi connectivity index (χ3v) is 5.31. The molecule has 0 unspecified atom stereocenters. The van der Waals surface area contributed by atoms with Crippen LogP contribution < -0.4 is 5.73 Å². The van der Waals surface area contributed by atoms with Gasteiger partial charge in [0.2, 0.25) is 4.96 Å². The van der Waals surface area contributed by atoms with Crippen LogP contribution in [0.5, 0.6) is 0 Å². The molecule has 0 saturated heterocycles. The number of nitrogens with zero attached hydrogens (tertiary/aromatic N) is 4. The van der Waals surface area contributed by atoms with Crippen LogP contribution in [-0.2, 0) is 0 Å². The average molecular weight is 277 g/mol. The molecule has 7 heteroatoms. The van der Waals surface area contributed by atoms with Crippen molar-refractivity contribution in [2.75, 3.05) is 5.73 Å². The maximum Gasteiger partial charge on any atom is 0.235 e. The second-order valence-electron chi connectivity index (χ2n) is 4.49. The Morgan fingerprint density at radius 1 is 1.22 bits per heavy atom. The van der Waals surface area contributed by atoms with Gasteiger partial charge in [-0.1, -0.05) is 17.8 Å². The van der Waals surface area contributed by atoms with E-state index < -0.39 is 0 Å². The van der Waals surface area contributed by atoms with E-state index in [-0.39, 0.29) is 0 Å². The van der Waals surface area contributed by atoms with Crippen LogP contribution in [-0.4, -0.2) is 19.8 Å². The summed E-state index contributed by atoms with van der Waals surface area (Å²) in [5, 5.41) is 14.9. The highest BCUT2D eigenvalue weighted by atomic mass is 32.1. The fourth-order valence-electron chi connectivity index (χ4n) is 2.12. The first kappa shape index (κ1) is 10.5. The maximum absolute atomic E-state index is 5.75. The molecule has 1 saturated carbocycles. The third-order valence-electron chi connectivity index (χ3n) is 3.32. The molecule has 1 aliphatic rings. The van der Waals surface area contributed by atoms with Crippen molar-refractivity contribution in [2.45, 2.75) is 25.2 Å². The molecule has 1 aliphatic carbocycles. The van der Waals surface area contributed by atoms with E-state index in [0.717, 1.165) is 25.7 Å². The maximum atomic E-state index is 5.75. The number of hydrogen-bond acceptors (Lipinski definition) is 6. The van der Waals surface area contributed by atoms with E-state index in [9.17, 15) is 0 Å². The summed E-state index contributed by atoms with van der Waals surface area (Å²) in [6.45, 7) is 0. The van der Waals surface area contributed by atoms with Crippen molar-refractivity contribution < 1.29 is 0 Å². The molecule has 0 amide bonds. The Labute approximate surface area is 111 Å². The van der Waals surface area contributed by atoms with Gasteiger partial charge in [-0.25, -0.2) is 0 Å². The summed E-state index contributed by atoms with van der Waals surface area (Å²) < 4.78 is 1.90. The summed E-state index contributed by atoms with van der Waals surface area (Å²) in [6, 6.07) is 3.92. The van der Waals surface area contributed by atoms with Crippen LogP contribution in [0.15, 0.2) is 12.1 Å². The van der Waals surface area contributed by atoms with Crippen LogP contribution in [0, 0.1) is 0 Å². The first-order chi connectivity index (χ1) is 8.81. The van der Waals surface area contributed by atoms with Crippen LogP contribution in [0.2, 0.25) is 0 Å². The first-order valence-corrected chi connectivity index (χ1v) is 7.52. The summed E-state index contributed by atoms with van der Waals surface area (Å²) in [7, 11) is 0. The highest BCUT2D eigenvalue weighted by Crippen LogP contribution is 2.37. The number of rotatable bonds is 2. The van der Waals surface area contributed by atoms with E-state index in [0.29, 0.717) is 5.92 Å². The second kappa shape index (κ2) is 3.76. The Hall–Kier alpha value is -1.47. The molecule has 0 bridgehead atoms. The number of aromatic nitrogens is 4. The van der Waals surface area contributed by atoms with E-state index in [1.165, 1.54) is 19.3 Å². The standard InChI is InChI=1S/C11H11N5S2/c12-8-5-4-7(17-8)10-15-16-9(6-2-1-3-6)13-14-11(16)18-10/h4-6H,1-3,12H2. The summed E-state index contributed by atoms with van der Waals surface area (Å²) in [4.78, 5) is 1.97. The van der Waals surface area contributed by atoms with Crippen LogP contribution in [0.1, 0.15) is 31.0 Å². The first-order valence-electron chi connectivity index (χ1n) is 5.89. The SMILES string of the molecule is Nc1ccc(-c2nn3c(C4CCC4)nnc3s2)s1. The predicted octanol–water partition coefficient (Wildman–Crippen LogP) is 2.76. The van der Waals surface area contributed by atoms with E-state index in [1.54, 1.807) is 22.7 Å². The van der Waals surface area contributed by atoms with E-state index in [2.05, 4.69) is 15.3 Å². The third kappa shape index (κ3) is 1.47. The van der Waals surface area contributed by atoms with Crippen molar-refractivity contribution in [2.24, 2.45) is 0 Å². The van der Waals surface area contributed by atoms with E-state index in [4.69, 9.17) is 5.73 Å². The summed E-state index contributed by atoms with van der Waals surface area (Å²) >= 11 is 3.13. The molecule has 5 nitrogen and oxygen atoms in total. The molecule has 92 valence electrons. The Morgan fingerprint density at radius 2 is 2.11 bits per heavy atom. The number of thiophene rings is 1. The average Bonchev–Trinajstić information content (AvgIpc) is 2.92. The van der Waals surface area contributed by atoms with Gasteiger partial charge >= 0.3 is 0 Å². The number of fused-ring (bicyclic) bond motifs is 1. The quantitative estimate of drug-likeness (QED) is 0.782. The molecule has 0 aromatic carbocycles. The van der Waals surface area contributed by atoms with Crippen molar-refractivity contribution in [3.63, 3.8) is 0 Å². The number of nitrogens with two attached hydrogens (primary N) is 1. The highest BCUT2D eigenvalue weighted by molar-refractivity contribution is 7.25. The van der Waals surface area contributed by atoms with Crippen LogP contribution >= 0.6 is 22.7 Å². The summed E-state index contributed by atoms with van der Waals surface area (Å²) in [5.41, 5.74) is 5.75. The van der Waals surface area contributed by atoms with E-state index >= 15 is 0 Å². The highest BCUT2D eigenvalue weighted by Gasteiger charge is 2.26. The van der Waals surface area contributed by atoms with Crippen molar-refractivity contribution in [1.29, 1.82) is 0 Å². The van der Waals surface area contributed by atoms with Gasteiger partial charge in [-0.2, -0.15) is 9.61 Å². The predicted molar refractivity (Wildman–Crippen MR) is 73.0 cm³/mol. The number of anilines is 1. The minimum atomic E-state index is 0.545. The Morgan fingerprint density at radius 3 is 2.78 bits per heavy atom. The lowest BCUT2D eigenvalue weighted by Crippen LogP contribution is -2.12. The van der Waals surface area contributed by atoms with Gasteiger partial charge in [-0.15, -0.1) is 21.5 Å². The van der Waals surface area contributed by atoms with Gasteiger partial charge in [0.15, 0.2) is 10.8 Å². The summed E-state index contributed by atoms with van der Waals surface area (Å²) in [5.74, 6) is 1.56. The molecular weight excluding hydrogens is 266 g/mol. The van der Waals surface area contributed by atoms with Crippen molar-refractivity contribution in [3.8, 4) is 9.88 Å². The van der Waals surface area contributed by atoms with Gasteiger partial charge in [0.25, 0.3) is 0 Å². The molecule has 0 atom stereocenters. The van der Waals surface area contributed by atoms with Crippen molar-refractivity contribution in [1.82, 2.24) is 19.8 Å². The van der Waals surface area contributed by atoms with Crippen molar-refractivity contribution in [3.05, 3.63) is 18.0 Å².